The van der Waals surface area contributed by atoms with Gasteiger partial charge >= 0.3 is 0 Å². The van der Waals surface area contributed by atoms with Crippen molar-refractivity contribution in [2.75, 3.05) is 37.9 Å². The maximum Gasteiger partial charge on any atom is 0.263 e. The van der Waals surface area contributed by atoms with E-state index in [1.807, 2.05) is 25.8 Å². The van der Waals surface area contributed by atoms with E-state index in [4.69, 9.17) is 10.5 Å². The lowest BCUT2D eigenvalue weighted by Gasteiger charge is -2.15. The third-order valence-electron chi connectivity index (χ3n) is 2.65. The second-order valence-corrected chi connectivity index (χ2v) is 4.95. The molecule has 0 spiro atoms. The lowest BCUT2D eigenvalue weighted by Crippen LogP contribution is -2.23. The molecular formula is C12H21N3O2S. The zero-order valence-electron chi connectivity index (χ0n) is 11.4. The van der Waals surface area contributed by atoms with E-state index in [1.165, 1.54) is 11.3 Å². The van der Waals surface area contributed by atoms with Crippen molar-refractivity contribution in [3.63, 3.8) is 0 Å². The van der Waals surface area contributed by atoms with Crippen LogP contribution in [0.1, 0.15) is 29.9 Å². The molecule has 0 radical (unpaired) electrons. The number of carbonyl (C=O) groups is 1. The summed E-state index contributed by atoms with van der Waals surface area (Å²) < 4.78 is 5.30. The molecule has 0 unspecified atom stereocenters. The van der Waals surface area contributed by atoms with E-state index in [0.29, 0.717) is 22.9 Å². The van der Waals surface area contributed by atoms with E-state index >= 15 is 0 Å². The first-order valence-electron chi connectivity index (χ1n) is 6.02. The Bertz CT molecular complexity index is 418. The number of methoxy groups -OCH3 is 1. The second-order valence-electron chi connectivity index (χ2n) is 3.95. The van der Waals surface area contributed by atoms with E-state index in [9.17, 15) is 4.79 Å². The minimum absolute atomic E-state index is 0.131. The zero-order valence-corrected chi connectivity index (χ0v) is 12.2. The number of thiophene rings is 1. The van der Waals surface area contributed by atoms with E-state index < -0.39 is 0 Å². The molecule has 6 heteroatoms. The van der Waals surface area contributed by atoms with Crippen molar-refractivity contribution in [3.8, 4) is 5.75 Å². The molecule has 0 aliphatic carbocycles. The standard InChI is InChI=1S/C12H21N3O2S/c1-5-7-14-11(16)10-8(13)9(17-4)12(18-10)15(3)6-2/h5-7,13H2,1-4H3,(H,14,16). The van der Waals surface area contributed by atoms with Crippen LogP contribution in [-0.2, 0) is 0 Å². The van der Waals surface area contributed by atoms with E-state index in [0.717, 1.165) is 18.0 Å². The summed E-state index contributed by atoms with van der Waals surface area (Å²) >= 11 is 1.37. The quantitative estimate of drug-likeness (QED) is 0.829. The molecule has 1 aromatic rings. The van der Waals surface area contributed by atoms with Crippen molar-refractivity contribution in [1.82, 2.24) is 5.32 Å². The molecule has 102 valence electrons. The number of hydrogen-bond donors (Lipinski definition) is 2. The highest BCUT2D eigenvalue weighted by Gasteiger charge is 2.23. The topological polar surface area (TPSA) is 67.6 Å². The number of nitrogens with two attached hydrogens (primary N) is 1. The lowest BCUT2D eigenvalue weighted by atomic mass is 10.3. The van der Waals surface area contributed by atoms with Gasteiger partial charge in [-0.25, -0.2) is 0 Å². The zero-order chi connectivity index (χ0) is 13.7. The monoisotopic (exact) mass is 271 g/mol. The number of rotatable bonds is 6. The Morgan fingerprint density at radius 3 is 2.67 bits per heavy atom. The largest absolute Gasteiger partial charge is 0.492 e. The predicted molar refractivity (Wildman–Crippen MR) is 76.9 cm³/mol. The molecule has 18 heavy (non-hydrogen) atoms. The Labute approximate surface area is 112 Å². The molecule has 1 heterocycles. The van der Waals surface area contributed by atoms with E-state index in [2.05, 4.69) is 5.32 Å². The molecule has 0 aromatic carbocycles. The summed E-state index contributed by atoms with van der Waals surface area (Å²) in [6, 6.07) is 0. The third kappa shape index (κ3) is 2.87. The van der Waals surface area contributed by atoms with Gasteiger partial charge in [0.2, 0.25) is 0 Å². The molecule has 3 N–H and O–H groups in total. The fourth-order valence-electron chi connectivity index (χ4n) is 1.50. The summed E-state index contributed by atoms with van der Waals surface area (Å²) in [7, 11) is 3.51. The fourth-order valence-corrected chi connectivity index (χ4v) is 2.63. The van der Waals surface area contributed by atoms with Crippen LogP contribution in [0.5, 0.6) is 5.75 Å². The van der Waals surface area contributed by atoms with E-state index in [1.54, 1.807) is 7.11 Å². The number of amides is 1. The lowest BCUT2D eigenvalue weighted by molar-refractivity contribution is 0.0958. The molecule has 0 fully saturated rings. The first-order valence-corrected chi connectivity index (χ1v) is 6.83. The Balaban J connectivity index is 3.07. The average molecular weight is 271 g/mol. The van der Waals surface area contributed by atoms with Crippen LogP contribution >= 0.6 is 11.3 Å². The molecule has 1 amide bonds. The van der Waals surface area contributed by atoms with Crippen molar-refractivity contribution >= 4 is 27.9 Å². The van der Waals surface area contributed by atoms with Gasteiger partial charge in [-0.1, -0.05) is 6.92 Å². The minimum Gasteiger partial charge on any atom is -0.492 e. The van der Waals surface area contributed by atoms with Crippen LogP contribution in [0.2, 0.25) is 0 Å². The van der Waals surface area contributed by atoms with Gasteiger partial charge in [0.05, 0.1) is 7.11 Å². The smallest absolute Gasteiger partial charge is 0.263 e. The highest BCUT2D eigenvalue weighted by molar-refractivity contribution is 7.19. The van der Waals surface area contributed by atoms with Gasteiger partial charge < -0.3 is 20.7 Å². The number of anilines is 2. The molecule has 0 aliphatic heterocycles. The van der Waals surface area contributed by atoms with Crippen LogP contribution < -0.4 is 20.7 Å². The maximum atomic E-state index is 12.0. The molecule has 1 aromatic heterocycles. The number of nitrogens with one attached hydrogen (secondary N) is 1. The molecular weight excluding hydrogens is 250 g/mol. The van der Waals surface area contributed by atoms with Crippen LogP contribution in [0.15, 0.2) is 0 Å². The van der Waals surface area contributed by atoms with Crippen LogP contribution in [0, 0.1) is 0 Å². The molecule has 0 saturated heterocycles. The normalized spacial score (nSPS) is 10.2. The highest BCUT2D eigenvalue weighted by atomic mass is 32.1. The Hall–Kier alpha value is -1.43. The molecule has 0 saturated carbocycles. The van der Waals surface area contributed by atoms with Crippen molar-refractivity contribution in [2.45, 2.75) is 20.3 Å². The molecule has 0 aliphatic rings. The summed E-state index contributed by atoms with van der Waals surface area (Å²) in [6.07, 6.45) is 0.899. The van der Waals surface area contributed by atoms with Gasteiger partial charge in [-0.2, -0.15) is 0 Å². The van der Waals surface area contributed by atoms with Crippen molar-refractivity contribution in [2.24, 2.45) is 0 Å². The van der Waals surface area contributed by atoms with Gasteiger partial charge in [-0.05, 0) is 13.3 Å². The number of ether oxygens (including phenoxy) is 1. The predicted octanol–water partition coefficient (Wildman–Crippen LogP) is 1.93. The van der Waals surface area contributed by atoms with Gasteiger partial charge in [0.1, 0.15) is 15.6 Å². The van der Waals surface area contributed by atoms with Gasteiger partial charge in [0.15, 0.2) is 5.75 Å². The van der Waals surface area contributed by atoms with Crippen molar-refractivity contribution in [3.05, 3.63) is 4.88 Å². The summed E-state index contributed by atoms with van der Waals surface area (Å²) in [4.78, 5) is 14.5. The van der Waals surface area contributed by atoms with E-state index in [-0.39, 0.29) is 5.91 Å². The Morgan fingerprint density at radius 1 is 1.50 bits per heavy atom. The number of carbonyl (C=O) groups excluding carboxylic acids is 1. The van der Waals surface area contributed by atoms with Gasteiger partial charge in [0.25, 0.3) is 5.91 Å². The summed E-state index contributed by atoms with van der Waals surface area (Å²) in [5.41, 5.74) is 6.40. The van der Waals surface area contributed by atoms with Crippen molar-refractivity contribution < 1.29 is 9.53 Å². The van der Waals surface area contributed by atoms with Crippen LogP contribution in [-0.4, -0.2) is 33.2 Å². The first kappa shape index (κ1) is 14.6. The van der Waals surface area contributed by atoms with Gasteiger partial charge in [-0.3, -0.25) is 4.79 Å². The summed E-state index contributed by atoms with van der Waals surface area (Å²) in [5, 5.41) is 3.72. The summed E-state index contributed by atoms with van der Waals surface area (Å²) in [6.45, 7) is 5.52. The molecule has 5 nitrogen and oxygen atoms in total. The number of nitrogen functional groups attached to an aromatic ring is 1. The third-order valence-corrected chi connectivity index (χ3v) is 3.95. The SMILES string of the molecule is CCCNC(=O)c1sc(N(C)CC)c(OC)c1N. The average Bonchev–Trinajstić information content (AvgIpc) is 2.72. The Kier molecular flexibility index (Phi) is 5.27. The van der Waals surface area contributed by atoms with Gasteiger partial charge in [-0.15, -0.1) is 11.3 Å². The Morgan fingerprint density at radius 2 is 2.17 bits per heavy atom. The first-order chi connectivity index (χ1) is 8.56. The molecule has 0 atom stereocenters. The van der Waals surface area contributed by atoms with Crippen LogP contribution in [0.3, 0.4) is 0 Å². The maximum absolute atomic E-state index is 12.0. The summed E-state index contributed by atoms with van der Waals surface area (Å²) in [5.74, 6) is 0.458. The number of nitrogens with zero attached hydrogens (tertiary/aromatic N) is 1. The minimum atomic E-state index is -0.131. The highest BCUT2D eigenvalue weighted by Crippen LogP contribution is 2.44. The molecule has 1 rings (SSSR count). The second kappa shape index (κ2) is 6.49. The fraction of sp³-hybridized carbons (Fsp3) is 0.583. The van der Waals surface area contributed by atoms with Crippen molar-refractivity contribution in [1.29, 1.82) is 0 Å². The molecule has 0 bridgehead atoms. The van der Waals surface area contributed by atoms with Gasteiger partial charge in [0, 0.05) is 20.1 Å². The van der Waals surface area contributed by atoms with Crippen LogP contribution in [0.4, 0.5) is 10.7 Å². The van der Waals surface area contributed by atoms with Crippen LogP contribution in [0.25, 0.3) is 0 Å². The number of hydrogen-bond acceptors (Lipinski definition) is 5.